The summed E-state index contributed by atoms with van der Waals surface area (Å²) in [5.41, 5.74) is 5.72. The normalized spacial score (nSPS) is 10.0. The zero-order valence-electron chi connectivity index (χ0n) is 11.2. The Morgan fingerprint density at radius 1 is 1.18 bits per heavy atom. The van der Waals surface area contributed by atoms with Gasteiger partial charge in [0.25, 0.3) is 11.8 Å². The third-order valence-electron chi connectivity index (χ3n) is 2.61. The lowest BCUT2D eigenvalue weighted by atomic mass is 10.2. The molecule has 2 amide bonds. The highest BCUT2D eigenvalue weighted by molar-refractivity contribution is 9.10. The highest BCUT2D eigenvalue weighted by atomic mass is 79.9. The Morgan fingerprint density at radius 2 is 1.91 bits per heavy atom. The topological polar surface area (TPSA) is 98.5 Å². The Labute approximate surface area is 138 Å². The number of primary amides is 1. The second-order valence-corrected chi connectivity index (χ2v) is 5.90. The highest BCUT2D eigenvalue weighted by Crippen LogP contribution is 2.22. The number of anilines is 1. The Kier molecular flexibility index (Phi) is 5.29. The van der Waals surface area contributed by atoms with Crippen LogP contribution in [0.15, 0.2) is 40.2 Å². The smallest absolute Gasteiger partial charge is 0.339 e. The van der Waals surface area contributed by atoms with Gasteiger partial charge in [-0.25, -0.2) is 4.79 Å². The van der Waals surface area contributed by atoms with Crippen LogP contribution >= 0.6 is 27.3 Å². The Balaban J connectivity index is 1.93. The van der Waals surface area contributed by atoms with Crippen LogP contribution in [0.3, 0.4) is 0 Å². The second-order valence-electron chi connectivity index (χ2n) is 4.13. The molecule has 1 heterocycles. The number of nitrogens with two attached hydrogens (primary N) is 1. The van der Waals surface area contributed by atoms with Crippen molar-refractivity contribution in [1.82, 2.24) is 0 Å². The minimum absolute atomic E-state index is 0.218. The molecule has 0 fully saturated rings. The summed E-state index contributed by atoms with van der Waals surface area (Å²) >= 11 is 4.39. The number of ether oxygens (including phenoxy) is 1. The van der Waals surface area contributed by atoms with Crippen LogP contribution in [0, 0.1) is 0 Å². The van der Waals surface area contributed by atoms with Crippen LogP contribution in [0.2, 0.25) is 0 Å². The van der Waals surface area contributed by atoms with Gasteiger partial charge in [-0.2, -0.15) is 0 Å². The third kappa shape index (κ3) is 3.92. The van der Waals surface area contributed by atoms with Crippen LogP contribution in [-0.4, -0.2) is 24.4 Å². The summed E-state index contributed by atoms with van der Waals surface area (Å²) in [6.07, 6.45) is 0. The molecule has 2 rings (SSSR count). The van der Waals surface area contributed by atoms with E-state index in [1.54, 1.807) is 29.6 Å². The zero-order valence-corrected chi connectivity index (χ0v) is 13.6. The van der Waals surface area contributed by atoms with Crippen molar-refractivity contribution in [1.29, 1.82) is 0 Å². The molecule has 0 atom stereocenters. The van der Waals surface area contributed by atoms with Gasteiger partial charge in [0, 0.05) is 4.47 Å². The van der Waals surface area contributed by atoms with Crippen LogP contribution < -0.4 is 11.1 Å². The van der Waals surface area contributed by atoms with E-state index in [2.05, 4.69) is 21.2 Å². The van der Waals surface area contributed by atoms with Gasteiger partial charge in [0.2, 0.25) is 0 Å². The predicted octanol–water partition coefficient (Wildman–Crippen LogP) is 2.41. The van der Waals surface area contributed by atoms with Gasteiger partial charge in [-0.05, 0) is 39.5 Å². The second kappa shape index (κ2) is 7.19. The summed E-state index contributed by atoms with van der Waals surface area (Å²) in [6, 6.07) is 8.23. The summed E-state index contributed by atoms with van der Waals surface area (Å²) in [5.74, 6) is -1.81. The third-order valence-corrected chi connectivity index (χ3v) is 4.13. The summed E-state index contributed by atoms with van der Waals surface area (Å²) in [7, 11) is 0. The summed E-state index contributed by atoms with van der Waals surface area (Å²) in [4.78, 5) is 34.7. The van der Waals surface area contributed by atoms with Gasteiger partial charge in [0.1, 0.15) is 5.00 Å². The number of benzene rings is 1. The van der Waals surface area contributed by atoms with Gasteiger partial charge in [-0.1, -0.05) is 12.1 Å². The molecule has 2 aromatic rings. The number of thiophene rings is 1. The fourth-order valence-corrected chi connectivity index (χ4v) is 2.85. The van der Waals surface area contributed by atoms with Gasteiger partial charge in [-0.3, -0.25) is 9.59 Å². The summed E-state index contributed by atoms with van der Waals surface area (Å²) in [5, 5.41) is 4.44. The largest absolute Gasteiger partial charge is 0.452 e. The Morgan fingerprint density at radius 3 is 2.59 bits per heavy atom. The molecule has 1 aromatic heterocycles. The van der Waals surface area contributed by atoms with Crippen molar-refractivity contribution in [3.63, 3.8) is 0 Å². The van der Waals surface area contributed by atoms with E-state index in [9.17, 15) is 14.4 Å². The predicted molar refractivity (Wildman–Crippen MR) is 85.9 cm³/mol. The number of amides is 2. The first-order chi connectivity index (χ1) is 10.5. The molecular formula is C14H11BrN2O4S. The molecule has 3 N–H and O–H groups in total. The monoisotopic (exact) mass is 382 g/mol. The molecule has 0 saturated heterocycles. The van der Waals surface area contributed by atoms with E-state index in [4.69, 9.17) is 10.5 Å². The SMILES string of the molecule is NC(=O)c1ccsc1NC(=O)COC(=O)c1ccccc1Br. The molecule has 0 aliphatic carbocycles. The van der Waals surface area contributed by atoms with E-state index in [0.717, 1.165) is 11.3 Å². The molecule has 0 aliphatic rings. The minimum atomic E-state index is -0.637. The van der Waals surface area contributed by atoms with E-state index in [1.165, 1.54) is 6.07 Å². The Bertz CT molecular complexity index is 729. The van der Waals surface area contributed by atoms with Crippen molar-refractivity contribution in [2.45, 2.75) is 0 Å². The van der Waals surface area contributed by atoms with E-state index < -0.39 is 24.4 Å². The Hall–Kier alpha value is -2.19. The maximum absolute atomic E-state index is 11.8. The molecule has 0 saturated carbocycles. The van der Waals surface area contributed by atoms with Gasteiger partial charge in [0.15, 0.2) is 6.61 Å². The van der Waals surface area contributed by atoms with Crippen LogP contribution in [0.1, 0.15) is 20.7 Å². The number of nitrogens with one attached hydrogen (secondary N) is 1. The average Bonchev–Trinajstić information content (AvgIpc) is 2.93. The first-order valence-electron chi connectivity index (χ1n) is 6.08. The molecule has 0 spiro atoms. The van der Waals surface area contributed by atoms with Gasteiger partial charge in [0.05, 0.1) is 11.1 Å². The van der Waals surface area contributed by atoms with E-state index >= 15 is 0 Å². The number of halogens is 1. The number of carbonyl (C=O) groups excluding carboxylic acids is 3. The number of esters is 1. The number of rotatable bonds is 5. The molecule has 22 heavy (non-hydrogen) atoms. The van der Waals surface area contributed by atoms with E-state index in [-0.39, 0.29) is 5.56 Å². The standard InChI is InChI=1S/C14H11BrN2O4S/c15-10-4-2-1-3-8(10)14(20)21-7-11(18)17-13-9(12(16)19)5-6-22-13/h1-6H,7H2,(H2,16,19)(H,17,18). The summed E-state index contributed by atoms with van der Waals surface area (Å²) < 4.78 is 5.51. The number of hydrogen-bond acceptors (Lipinski definition) is 5. The molecule has 0 aliphatic heterocycles. The number of hydrogen-bond donors (Lipinski definition) is 2. The maximum Gasteiger partial charge on any atom is 0.339 e. The van der Waals surface area contributed by atoms with Crippen molar-refractivity contribution in [3.8, 4) is 0 Å². The average molecular weight is 383 g/mol. The van der Waals surface area contributed by atoms with Crippen molar-refractivity contribution in [2.75, 3.05) is 11.9 Å². The van der Waals surface area contributed by atoms with Crippen molar-refractivity contribution in [2.24, 2.45) is 5.73 Å². The maximum atomic E-state index is 11.8. The summed E-state index contributed by atoms with van der Waals surface area (Å²) in [6.45, 7) is -0.462. The molecule has 0 radical (unpaired) electrons. The molecule has 0 unspecified atom stereocenters. The van der Waals surface area contributed by atoms with Gasteiger partial charge < -0.3 is 15.8 Å². The fourth-order valence-electron chi connectivity index (χ4n) is 1.60. The van der Waals surface area contributed by atoms with Crippen molar-refractivity contribution >= 4 is 50.1 Å². The van der Waals surface area contributed by atoms with Crippen LogP contribution in [0.25, 0.3) is 0 Å². The molecular weight excluding hydrogens is 372 g/mol. The first kappa shape index (κ1) is 16.2. The highest BCUT2D eigenvalue weighted by Gasteiger charge is 2.15. The molecule has 0 bridgehead atoms. The fraction of sp³-hybridized carbons (Fsp3) is 0.0714. The lowest BCUT2D eigenvalue weighted by molar-refractivity contribution is -0.119. The minimum Gasteiger partial charge on any atom is -0.452 e. The molecule has 6 nitrogen and oxygen atoms in total. The van der Waals surface area contributed by atoms with Gasteiger partial charge >= 0.3 is 5.97 Å². The zero-order chi connectivity index (χ0) is 16.1. The van der Waals surface area contributed by atoms with Crippen LogP contribution in [0.5, 0.6) is 0 Å². The lowest BCUT2D eigenvalue weighted by Crippen LogP contribution is -2.22. The molecule has 8 heteroatoms. The quantitative estimate of drug-likeness (QED) is 0.775. The van der Waals surface area contributed by atoms with Crippen LogP contribution in [-0.2, 0) is 9.53 Å². The molecule has 1 aromatic carbocycles. The first-order valence-corrected chi connectivity index (χ1v) is 7.75. The van der Waals surface area contributed by atoms with E-state index in [1.807, 2.05) is 0 Å². The van der Waals surface area contributed by atoms with Crippen molar-refractivity contribution < 1.29 is 19.1 Å². The van der Waals surface area contributed by atoms with Gasteiger partial charge in [-0.15, -0.1) is 11.3 Å². The molecule has 114 valence electrons. The number of carbonyl (C=O) groups is 3. The van der Waals surface area contributed by atoms with E-state index in [0.29, 0.717) is 15.0 Å². The van der Waals surface area contributed by atoms with Crippen molar-refractivity contribution in [3.05, 3.63) is 51.3 Å². The lowest BCUT2D eigenvalue weighted by Gasteiger charge is -2.07. The van der Waals surface area contributed by atoms with Crippen LogP contribution in [0.4, 0.5) is 5.00 Å².